The van der Waals surface area contributed by atoms with Gasteiger partial charge in [-0.1, -0.05) is 28.1 Å². The number of thioether (sulfide) groups is 1. The molecule has 1 rings (SSSR count). The molecule has 0 bridgehead atoms. The summed E-state index contributed by atoms with van der Waals surface area (Å²) >= 11 is 4.45. The molecule has 156 valence electrons. The quantitative estimate of drug-likeness (QED) is 0.220. The molecule has 1 aliphatic carbocycles. The highest BCUT2D eigenvalue weighted by molar-refractivity contribution is 9.11. The Balaban J connectivity index is 2.66. The molecule has 0 radical (unpaired) electrons. The lowest BCUT2D eigenvalue weighted by Crippen LogP contribution is -2.50. The fourth-order valence-corrected chi connectivity index (χ4v) is 3.66. The smallest absolute Gasteiger partial charge is 0.322 e. The Kier molecular flexibility index (Phi) is 10.2. The number of carbonyl (C=O) groups excluding carboxylic acids is 2. The van der Waals surface area contributed by atoms with Crippen LogP contribution in [0.5, 0.6) is 0 Å². The standard InChI is InChI=1S/C16H22BrN3O7S/c17-8-1-3-12(11(21)5-8)28-7-10(15(25)19-6-14(23)24)20-13(22)4-2-9(18)16(26)27/h1,3,5,9-12,21H,2,4,6-7,18H2,(H,19,25)(H,20,22)(H,23,24)(H,26,27). The molecule has 10 nitrogen and oxygen atoms in total. The predicted octanol–water partition coefficient (Wildman–Crippen LogP) is -0.825. The average Bonchev–Trinajstić information content (AvgIpc) is 2.62. The molecule has 0 saturated heterocycles. The van der Waals surface area contributed by atoms with Crippen molar-refractivity contribution in [3.8, 4) is 0 Å². The molecule has 28 heavy (non-hydrogen) atoms. The highest BCUT2D eigenvalue weighted by Crippen LogP contribution is 2.25. The van der Waals surface area contributed by atoms with Gasteiger partial charge in [0, 0.05) is 16.7 Å². The minimum absolute atomic E-state index is 0.0691. The molecule has 0 aromatic rings. The Morgan fingerprint density at radius 1 is 1.29 bits per heavy atom. The van der Waals surface area contributed by atoms with E-state index in [-0.39, 0.29) is 23.8 Å². The molecule has 0 aliphatic heterocycles. The van der Waals surface area contributed by atoms with Crippen LogP contribution in [0.15, 0.2) is 22.7 Å². The molecule has 2 amide bonds. The fourth-order valence-electron chi connectivity index (χ4n) is 2.12. The van der Waals surface area contributed by atoms with E-state index in [1.54, 1.807) is 18.2 Å². The Morgan fingerprint density at radius 2 is 1.96 bits per heavy atom. The number of halogens is 1. The maximum atomic E-state index is 12.2. The predicted molar refractivity (Wildman–Crippen MR) is 106 cm³/mol. The summed E-state index contributed by atoms with van der Waals surface area (Å²) < 4.78 is 0.718. The van der Waals surface area contributed by atoms with Crippen LogP contribution in [0.3, 0.4) is 0 Å². The molecule has 12 heteroatoms. The summed E-state index contributed by atoms with van der Waals surface area (Å²) in [7, 11) is 0. The van der Waals surface area contributed by atoms with Gasteiger partial charge in [-0.15, -0.1) is 11.8 Å². The van der Waals surface area contributed by atoms with Crippen molar-refractivity contribution in [1.82, 2.24) is 10.6 Å². The topological polar surface area (TPSA) is 179 Å². The molecule has 0 aromatic heterocycles. The van der Waals surface area contributed by atoms with Crippen LogP contribution in [0.25, 0.3) is 0 Å². The number of allylic oxidation sites excluding steroid dienone is 2. The molecule has 0 spiro atoms. The number of aliphatic carboxylic acids is 2. The van der Waals surface area contributed by atoms with Gasteiger partial charge in [-0.25, -0.2) is 0 Å². The first-order valence-corrected chi connectivity index (χ1v) is 10.1. The summed E-state index contributed by atoms with van der Waals surface area (Å²) in [4.78, 5) is 45.6. The van der Waals surface area contributed by atoms with E-state index in [9.17, 15) is 24.3 Å². The van der Waals surface area contributed by atoms with E-state index in [2.05, 4.69) is 26.6 Å². The van der Waals surface area contributed by atoms with Gasteiger partial charge in [-0.05, 0) is 12.5 Å². The van der Waals surface area contributed by atoms with E-state index in [0.29, 0.717) is 0 Å². The van der Waals surface area contributed by atoms with Gasteiger partial charge >= 0.3 is 11.9 Å². The maximum Gasteiger partial charge on any atom is 0.322 e. The van der Waals surface area contributed by atoms with Crippen LogP contribution in [-0.2, 0) is 19.2 Å². The number of amides is 2. The largest absolute Gasteiger partial charge is 0.480 e. The lowest BCUT2D eigenvalue weighted by atomic mass is 10.1. The Bertz CT molecular complexity index is 671. The minimum atomic E-state index is -1.24. The van der Waals surface area contributed by atoms with Crippen LogP contribution >= 0.6 is 27.7 Å². The van der Waals surface area contributed by atoms with E-state index in [1.807, 2.05) is 0 Å². The first-order valence-electron chi connectivity index (χ1n) is 8.22. The number of carboxylic acids is 2. The Labute approximate surface area is 173 Å². The second-order valence-electron chi connectivity index (χ2n) is 5.91. The van der Waals surface area contributed by atoms with Crippen LogP contribution in [0.1, 0.15) is 12.8 Å². The van der Waals surface area contributed by atoms with Crippen LogP contribution < -0.4 is 16.4 Å². The van der Waals surface area contributed by atoms with Crippen molar-refractivity contribution in [3.63, 3.8) is 0 Å². The first kappa shape index (κ1) is 24.1. The zero-order valence-corrected chi connectivity index (χ0v) is 17.1. The van der Waals surface area contributed by atoms with Crippen molar-refractivity contribution in [3.05, 3.63) is 22.7 Å². The fraction of sp³-hybridized carbons (Fsp3) is 0.500. The maximum absolute atomic E-state index is 12.2. The summed E-state index contributed by atoms with van der Waals surface area (Å²) in [5, 5.41) is 31.8. The normalized spacial score (nSPS) is 20.6. The van der Waals surface area contributed by atoms with Crippen molar-refractivity contribution >= 4 is 51.4 Å². The van der Waals surface area contributed by atoms with Gasteiger partial charge in [0.05, 0.1) is 11.4 Å². The highest BCUT2D eigenvalue weighted by Gasteiger charge is 2.26. The number of rotatable bonds is 11. The third-order valence-corrected chi connectivity index (χ3v) is 5.51. The van der Waals surface area contributed by atoms with Gasteiger partial charge in [0.25, 0.3) is 0 Å². The van der Waals surface area contributed by atoms with Crippen molar-refractivity contribution < 1.29 is 34.5 Å². The van der Waals surface area contributed by atoms with Crippen molar-refractivity contribution in [2.75, 3.05) is 12.3 Å². The summed E-state index contributed by atoms with van der Waals surface area (Å²) in [6, 6.07) is -2.26. The summed E-state index contributed by atoms with van der Waals surface area (Å²) in [6.07, 6.45) is 3.96. The lowest BCUT2D eigenvalue weighted by Gasteiger charge is -2.23. The summed E-state index contributed by atoms with van der Waals surface area (Å²) in [5.74, 6) is -3.69. The molecule has 4 unspecified atom stereocenters. The molecule has 0 aromatic carbocycles. The van der Waals surface area contributed by atoms with Crippen LogP contribution in [0, 0.1) is 0 Å². The van der Waals surface area contributed by atoms with E-state index in [1.165, 1.54) is 11.8 Å². The molecule has 4 atom stereocenters. The molecule has 0 saturated carbocycles. The van der Waals surface area contributed by atoms with Gasteiger partial charge in [0.1, 0.15) is 18.6 Å². The van der Waals surface area contributed by atoms with Crippen LogP contribution in [-0.4, -0.2) is 74.8 Å². The summed E-state index contributed by atoms with van der Waals surface area (Å²) in [5.41, 5.74) is 5.35. The number of carbonyl (C=O) groups is 4. The van der Waals surface area contributed by atoms with Gasteiger partial charge in [0.15, 0.2) is 0 Å². The van der Waals surface area contributed by atoms with Gasteiger partial charge in [-0.2, -0.15) is 0 Å². The van der Waals surface area contributed by atoms with E-state index in [0.717, 1.165) is 4.48 Å². The third kappa shape index (κ3) is 8.87. The Hall–Kier alpha value is -1.89. The molecule has 0 fully saturated rings. The zero-order valence-electron chi connectivity index (χ0n) is 14.7. The van der Waals surface area contributed by atoms with Crippen LogP contribution in [0.2, 0.25) is 0 Å². The second-order valence-corrected chi connectivity index (χ2v) is 8.04. The molecule has 7 N–H and O–H groups in total. The van der Waals surface area contributed by atoms with E-state index < -0.39 is 48.5 Å². The zero-order chi connectivity index (χ0) is 21.3. The molecular weight excluding hydrogens is 458 g/mol. The van der Waals surface area contributed by atoms with E-state index >= 15 is 0 Å². The van der Waals surface area contributed by atoms with Gasteiger partial charge < -0.3 is 31.7 Å². The van der Waals surface area contributed by atoms with Gasteiger partial charge in [0.2, 0.25) is 11.8 Å². The third-order valence-electron chi connectivity index (χ3n) is 3.63. The van der Waals surface area contributed by atoms with Crippen molar-refractivity contribution in [1.29, 1.82) is 0 Å². The number of aliphatic hydroxyl groups excluding tert-OH is 1. The van der Waals surface area contributed by atoms with Crippen molar-refractivity contribution in [2.24, 2.45) is 5.73 Å². The monoisotopic (exact) mass is 479 g/mol. The molecular formula is C16H22BrN3O7S. The van der Waals surface area contributed by atoms with Crippen molar-refractivity contribution in [2.45, 2.75) is 36.3 Å². The molecule has 0 heterocycles. The number of nitrogens with one attached hydrogen (secondary N) is 2. The lowest BCUT2D eigenvalue weighted by molar-refractivity contribution is -0.139. The van der Waals surface area contributed by atoms with Gasteiger partial charge in [-0.3, -0.25) is 19.2 Å². The Morgan fingerprint density at radius 3 is 2.54 bits per heavy atom. The number of hydrogen-bond acceptors (Lipinski definition) is 7. The highest BCUT2D eigenvalue weighted by atomic mass is 79.9. The minimum Gasteiger partial charge on any atom is -0.480 e. The summed E-state index contributed by atoms with van der Waals surface area (Å²) in [6.45, 7) is -0.610. The van der Waals surface area contributed by atoms with Crippen LogP contribution in [0.4, 0.5) is 0 Å². The average molecular weight is 480 g/mol. The second kappa shape index (κ2) is 11.8. The number of nitrogens with two attached hydrogens (primary N) is 1. The first-order chi connectivity index (χ1) is 13.1. The molecule has 1 aliphatic rings. The SMILES string of the molecule is NC(CCC(=O)NC(CSC1C=CC(Br)=CC1O)C(=O)NCC(=O)O)C(=O)O. The number of carboxylic acid groups (broad SMARTS) is 2. The number of hydrogen-bond donors (Lipinski definition) is 6. The number of aliphatic hydroxyl groups is 1. The van der Waals surface area contributed by atoms with E-state index in [4.69, 9.17) is 15.9 Å².